The average molecular weight is 487 g/mol. The van der Waals surface area contributed by atoms with Crippen molar-refractivity contribution in [3.05, 3.63) is 94.2 Å². The number of methoxy groups -OCH3 is 2. The van der Waals surface area contributed by atoms with E-state index in [0.29, 0.717) is 57.5 Å². The minimum Gasteiger partial charge on any atom is -0.493 e. The average Bonchev–Trinajstić information content (AvgIpc) is 3.25. The molecule has 0 atom stereocenters. The van der Waals surface area contributed by atoms with Gasteiger partial charge in [-0.15, -0.1) is 0 Å². The zero-order valence-corrected chi connectivity index (χ0v) is 19.7. The molecule has 0 bridgehead atoms. The topological polar surface area (TPSA) is 98.2 Å². The summed E-state index contributed by atoms with van der Waals surface area (Å²) in [5.74, 6) is 0.646. The van der Waals surface area contributed by atoms with E-state index in [0.717, 1.165) is 5.56 Å². The number of pyridine rings is 1. The van der Waals surface area contributed by atoms with Crippen LogP contribution >= 0.6 is 0 Å². The van der Waals surface area contributed by atoms with E-state index < -0.39 is 5.82 Å². The van der Waals surface area contributed by atoms with Crippen LogP contribution in [0, 0.1) is 5.82 Å². The molecule has 182 valence electrons. The van der Waals surface area contributed by atoms with Crippen LogP contribution in [-0.4, -0.2) is 41.4 Å². The SMILES string of the molecule is COc1ccc(CCNC(=O)c2ccc3ncc4c(=O)n(-c5ccc(F)cc5)[nH]c4c3c2)cc1OC. The van der Waals surface area contributed by atoms with Crippen molar-refractivity contribution in [1.29, 1.82) is 0 Å². The van der Waals surface area contributed by atoms with Crippen LogP contribution in [0.3, 0.4) is 0 Å². The van der Waals surface area contributed by atoms with Crippen molar-refractivity contribution in [3.8, 4) is 17.2 Å². The molecule has 0 unspecified atom stereocenters. The molecule has 1 amide bonds. The highest BCUT2D eigenvalue weighted by molar-refractivity contribution is 6.06. The van der Waals surface area contributed by atoms with Crippen molar-refractivity contribution in [2.75, 3.05) is 20.8 Å². The first-order valence-electron chi connectivity index (χ1n) is 11.3. The van der Waals surface area contributed by atoms with Gasteiger partial charge in [-0.3, -0.25) is 19.7 Å². The molecule has 0 saturated heterocycles. The zero-order chi connectivity index (χ0) is 25.2. The molecule has 0 saturated carbocycles. The maximum atomic E-state index is 13.3. The number of carbonyl (C=O) groups excluding carboxylic acids is 1. The predicted molar refractivity (Wildman–Crippen MR) is 135 cm³/mol. The lowest BCUT2D eigenvalue weighted by Gasteiger charge is -2.10. The largest absolute Gasteiger partial charge is 0.493 e. The van der Waals surface area contributed by atoms with Crippen molar-refractivity contribution in [2.45, 2.75) is 6.42 Å². The van der Waals surface area contributed by atoms with E-state index in [1.54, 1.807) is 32.4 Å². The molecule has 2 aromatic heterocycles. The van der Waals surface area contributed by atoms with Crippen LogP contribution in [0.1, 0.15) is 15.9 Å². The number of carbonyl (C=O) groups is 1. The molecule has 9 heteroatoms. The van der Waals surface area contributed by atoms with E-state index >= 15 is 0 Å². The van der Waals surface area contributed by atoms with Crippen molar-refractivity contribution >= 4 is 27.7 Å². The Balaban J connectivity index is 1.39. The highest BCUT2D eigenvalue weighted by Gasteiger charge is 2.14. The fraction of sp³-hybridized carbons (Fsp3) is 0.148. The highest BCUT2D eigenvalue weighted by atomic mass is 19.1. The number of rotatable bonds is 7. The van der Waals surface area contributed by atoms with Crippen LogP contribution in [0.2, 0.25) is 0 Å². The molecule has 0 spiro atoms. The lowest BCUT2D eigenvalue weighted by molar-refractivity contribution is 0.0954. The first-order chi connectivity index (χ1) is 17.5. The summed E-state index contributed by atoms with van der Waals surface area (Å²) < 4.78 is 25.3. The summed E-state index contributed by atoms with van der Waals surface area (Å²) in [4.78, 5) is 30.2. The summed E-state index contributed by atoms with van der Waals surface area (Å²) in [6.07, 6.45) is 2.11. The van der Waals surface area contributed by atoms with Crippen LogP contribution in [0.15, 0.2) is 71.7 Å². The Hall–Kier alpha value is -4.66. The molecule has 2 N–H and O–H groups in total. The second kappa shape index (κ2) is 9.53. The number of hydrogen-bond donors (Lipinski definition) is 2. The Morgan fingerprint density at radius 2 is 1.78 bits per heavy atom. The molecule has 5 rings (SSSR count). The minimum absolute atomic E-state index is 0.241. The van der Waals surface area contributed by atoms with Gasteiger partial charge in [-0.25, -0.2) is 9.07 Å². The van der Waals surface area contributed by atoms with Gasteiger partial charge in [-0.05, 0) is 66.6 Å². The van der Waals surface area contributed by atoms with Gasteiger partial charge >= 0.3 is 0 Å². The molecule has 2 heterocycles. The van der Waals surface area contributed by atoms with Gasteiger partial charge < -0.3 is 14.8 Å². The fourth-order valence-corrected chi connectivity index (χ4v) is 4.13. The summed E-state index contributed by atoms with van der Waals surface area (Å²) in [6, 6.07) is 16.4. The number of nitrogens with zero attached hydrogens (tertiary/aromatic N) is 2. The molecular formula is C27H23FN4O4. The normalized spacial score (nSPS) is 11.1. The molecule has 3 aromatic carbocycles. The number of hydrogen-bond acceptors (Lipinski definition) is 5. The summed E-state index contributed by atoms with van der Waals surface area (Å²) in [6.45, 7) is 0.423. The van der Waals surface area contributed by atoms with E-state index in [1.807, 2.05) is 18.2 Å². The van der Waals surface area contributed by atoms with Gasteiger partial charge in [0.2, 0.25) is 0 Å². The minimum atomic E-state index is -0.392. The Morgan fingerprint density at radius 3 is 2.53 bits per heavy atom. The summed E-state index contributed by atoms with van der Waals surface area (Å²) in [5, 5.41) is 7.02. The monoisotopic (exact) mass is 486 g/mol. The highest BCUT2D eigenvalue weighted by Crippen LogP contribution is 2.27. The first kappa shape index (κ1) is 23.1. The predicted octanol–water partition coefficient (Wildman–Crippen LogP) is 4.00. The zero-order valence-electron chi connectivity index (χ0n) is 19.7. The molecule has 0 aliphatic rings. The van der Waals surface area contributed by atoms with E-state index in [1.165, 1.54) is 35.1 Å². The number of H-pyrrole nitrogens is 1. The van der Waals surface area contributed by atoms with Crippen LogP contribution < -0.4 is 20.3 Å². The second-order valence-corrected chi connectivity index (χ2v) is 8.20. The number of amides is 1. The summed E-state index contributed by atoms with van der Waals surface area (Å²) in [7, 11) is 3.16. The third-order valence-electron chi connectivity index (χ3n) is 6.02. The van der Waals surface area contributed by atoms with Crippen LogP contribution in [0.4, 0.5) is 4.39 Å². The van der Waals surface area contributed by atoms with Crippen molar-refractivity contribution < 1.29 is 18.7 Å². The molecule has 0 radical (unpaired) electrons. The Bertz CT molecular complexity index is 1640. The third kappa shape index (κ3) is 4.26. The number of benzene rings is 3. The number of ether oxygens (including phenoxy) is 2. The molecule has 8 nitrogen and oxygen atoms in total. The van der Waals surface area contributed by atoms with Gasteiger partial charge in [0.15, 0.2) is 11.5 Å². The third-order valence-corrected chi connectivity index (χ3v) is 6.02. The van der Waals surface area contributed by atoms with Gasteiger partial charge in [0.25, 0.3) is 11.5 Å². The van der Waals surface area contributed by atoms with Gasteiger partial charge in [0.05, 0.1) is 36.3 Å². The smallest absolute Gasteiger partial charge is 0.280 e. The number of aromatic nitrogens is 3. The van der Waals surface area contributed by atoms with E-state index in [2.05, 4.69) is 15.4 Å². The van der Waals surface area contributed by atoms with E-state index in [-0.39, 0.29) is 11.5 Å². The maximum absolute atomic E-state index is 13.3. The van der Waals surface area contributed by atoms with Gasteiger partial charge in [0, 0.05) is 23.7 Å². The van der Waals surface area contributed by atoms with Gasteiger partial charge in [-0.1, -0.05) is 6.07 Å². The first-order valence-corrected chi connectivity index (χ1v) is 11.3. The van der Waals surface area contributed by atoms with Gasteiger partial charge in [-0.2, -0.15) is 0 Å². The lowest BCUT2D eigenvalue weighted by atomic mass is 10.1. The van der Waals surface area contributed by atoms with Crippen molar-refractivity contribution in [3.63, 3.8) is 0 Å². The Morgan fingerprint density at radius 1 is 1.00 bits per heavy atom. The number of aromatic amines is 1. The second-order valence-electron chi connectivity index (χ2n) is 8.20. The van der Waals surface area contributed by atoms with Crippen LogP contribution in [0.5, 0.6) is 11.5 Å². The number of nitrogens with one attached hydrogen (secondary N) is 2. The molecular weight excluding hydrogens is 463 g/mol. The fourth-order valence-electron chi connectivity index (χ4n) is 4.13. The quantitative estimate of drug-likeness (QED) is 0.363. The van der Waals surface area contributed by atoms with E-state index in [9.17, 15) is 14.0 Å². The van der Waals surface area contributed by atoms with Crippen molar-refractivity contribution in [1.82, 2.24) is 20.1 Å². The summed E-state index contributed by atoms with van der Waals surface area (Å²) in [5.41, 5.74) is 2.81. The summed E-state index contributed by atoms with van der Waals surface area (Å²) >= 11 is 0. The molecule has 36 heavy (non-hydrogen) atoms. The number of fused-ring (bicyclic) bond motifs is 3. The molecule has 0 aliphatic carbocycles. The van der Waals surface area contributed by atoms with Crippen LogP contribution in [-0.2, 0) is 6.42 Å². The molecule has 0 aliphatic heterocycles. The standard InChI is InChI=1S/C27H23FN4O4/c1-35-23-10-3-16(13-24(23)36-2)11-12-29-26(33)17-4-9-22-20(14-17)25-21(15-30-22)27(34)32(31-25)19-7-5-18(28)6-8-19/h3-10,13-15,31H,11-12H2,1-2H3,(H,29,33). The maximum Gasteiger partial charge on any atom is 0.280 e. The Kier molecular flexibility index (Phi) is 6.12. The van der Waals surface area contributed by atoms with Crippen molar-refractivity contribution in [2.24, 2.45) is 0 Å². The molecule has 5 aromatic rings. The molecule has 0 fully saturated rings. The van der Waals surface area contributed by atoms with E-state index in [4.69, 9.17) is 9.47 Å². The lowest BCUT2D eigenvalue weighted by Crippen LogP contribution is -2.25. The van der Waals surface area contributed by atoms with Gasteiger partial charge in [0.1, 0.15) is 5.82 Å². The van der Waals surface area contributed by atoms with Crippen LogP contribution in [0.25, 0.3) is 27.5 Å². The Labute approximate surface area is 205 Å². The number of halogens is 1.